The SMILES string of the molecule is COc1ccc(C(=O)OCc2nc3ccccc3s2)cc1S(=O)(=O)NC1CC1. The minimum Gasteiger partial charge on any atom is -0.495 e. The number of carbonyl (C=O) groups excluding carboxylic acids is 1. The number of para-hydroxylation sites is 1. The van der Waals surface area contributed by atoms with Gasteiger partial charge in [-0.25, -0.2) is 22.9 Å². The number of fused-ring (bicyclic) bond motifs is 1. The molecule has 3 aromatic rings. The Morgan fingerprint density at radius 3 is 2.75 bits per heavy atom. The Kier molecular flexibility index (Phi) is 5.05. The molecule has 0 bridgehead atoms. The topological polar surface area (TPSA) is 94.6 Å². The molecule has 1 N–H and O–H groups in total. The standard InChI is InChI=1S/C19H18N2O5S2/c1-25-15-9-6-12(10-17(15)28(23,24)21-13-7-8-13)19(22)26-11-18-20-14-4-2-3-5-16(14)27-18/h2-6,9-10,13,21H,7-8,11H2,1H3. The molecule has 0 radical (unpaired) electrons. The zero-order valence-electron chi connectivity index (χ0n) is 15.0. The highest BCUT2D eigenvalue weighted by atomic mass is 32.2. The molecular formula is C19H18N2O5S2. The monoisotopic (exact) mass is 418 g/mol. The molecule has 2 aromatic carbocycles. The van der Waals surface area contributed by atoms with Crippen LogP contribution in [0.1, 0.15) is 28.2 Å². The molecule has 146 valence electrons. The molecule has 28 heavy (non-hydrogen) atoms. The maximum absolute atomic E-state index is 12.6. The van der Waals surface area contributed by atoms with Gasteiger partial charge in [-0.15, -0.1) is 11.3 Å². The van der Waals surface area contributed by atoms with Gasteiger partial charge < -0.3 is 9.47 Å². The van der Waals surface area contributed by atoms with E-state index in [2.05, 4.69) is 9.71 Å². The number of methoxy groups -OCH3 is 1. The number of aromatic nitrogens is 1. The first-order valence-electron chi connectivity index (χ1n) is 8.68. The van der Waals surface area contributed by atoms with E-state index in [-0.39, 0.29) is 28.9 Å². The molecule has 1 saturated carbocycles. The van der Waals surface area contributed by atoms with Crippen LogP contribution >= 0.6 is 11.3 Å². The van der Waals surface area contributed by atoms with E-state index in [4.69, 9.17) is 9.47 Å². The van der Waals surface area contributed by atoms with Gasteiger partial charge >= 0.3 is 5.97 Å². The summed E-state index contributed by atoms with van der Waals surface area (Å²) in [6, 6.07) is 11.8. The van der Waals surface area contributed by atoms with Crippen molar-refractivity contribution in [1.29, 1.82) is 0 Å². The lowest BCUT2D eigenvalue weighted by atomic mass is 10.2. The van der Waals surface area contributed by atoms with Crippen molar-refractivity contribution in [3.8, 4) is 5.75 Å². The fourth-order valence-corrected chi connectivity index (χ4v) is 5.07. The summed E-state index contributed by atoms with van der Waals surface area (Å²) in [7, 11) is -2.39. The van der Waals surface area contributed by atoms with Crippen molar-refractivity contribution in [3.05, 3.63) is 53.0 Å². The molecular weight excluding hydrogens is 400 g/mol. The Balaban J connectivity index is 1.52. The van der Waals surface area contributed by atoms with Crippen LogP contribution in [0.3, 0.4) is 0 Å². The third-order valence-corrected chi connectivity index (χ3v) is 6.80. The second-order valence-electron chi connectivity index (χ2n) is 6.41. The maximum Gasteiger partial charge on any atom is 0.338 e. The van der Waals surface area contributed by atoms with Crippen LogP contribution < -0.4 is 9.46 Å². The number of esters is 1. The Morgan fingerprint density at radius 1 is 1.25 bits per heavy atom. The highest BCUT2D eigenvalue weighted by Gasteiger charge is 2.30. The molecule has 1 aliphatic carbocycles. The fraction of sp³-hybridized carbons (Fsp3) is 0.263. The molecule has 4 rings (SSSR count). The molecule has 1 aliphatic rings. The summed E-state index contributed by atoms with van der Waals surface area (Å²) >= 11 is 1.45. The largest absolute Gasteiger partial charge is 0.495 e. The molecule has 9 heteroatoms. The smallest absolute Gasteiger partial charge is 0.338 e. The summed E-state index contributed by atoms with van der Waals surface area (Å²) in [5.41, 5.74) is 0.987. The highest BCUT2D eigenvalue weighted by molar-refractivity contribution is 7.89. The van der Waals surface area contributed by atoms with E-state index in [0.29, 0.717) is 5.01 Å². The van der Waals surface area contributed by atoms with E-state index < -0.39 is 16.0 Å². The van der Waals surface area contributed by atoms with Gasteiger partial charge in [-0.05, 0) is 43.2 Å². The van der Waals surface area contributed by atoms with E-state index in [1.165, 1.54) is 36.6 Å². The predicted octanol–water partition coefficient (Wildman–Crippen LogP) is 3.10. The van der Waals surface area contributed by atoms with Gasteiger partial charge in [0.25, 0.3) is 0 Å². The summed E-state index contributed by atoms with van der Waals surface area (Å²) in [4.78, 5) is 16.8. The van der Waals surface area contributed by atoms with Gasteiger partial charge in [0, 0.05) is 6.04 Å². The van der Waals surface area contributed by atoms with Crippen LogP contribution in [0.4, 0.5) is 0 Å². The van der Waals surface area contributed by atoms with Crippen molar-refractivity contribution < 1.29 is 22.7 Å². The third-order valence-electron chi connectivity index (χ3n) is 4.25. The van der Waals surface area contributed by atoms with E-state index in [0.717, 1.165) is 23.1 Å². The second-order valence-corrected chi connectivity index (χ2v) is 9.21. The van der Waals surface area contributed by atoms with Crippen LogP contribution in [0.15, 0.2) is 47.4 Å². The number of hydrogen-bond donors (Lipinski definition) is 1. The number of carbonyl (C=O) groups is 1. The Hall–Kier alpha value is -2.49. The molecule has 0 unspecified atom stereocenters. The number of benzene rings is 2. The highest BCUT2D eigenvalue weighted by Crippen LogP contribution is 2.29. The van der Waals surface area contributed by atoms with Crippen LogP contribution in [0.2, 0.25) is 0 Å². The van der Waals surface area contributed by atoms with Crippen LogP contribution in [0.5, 0.6) is 5.75 Å². The van der Waals surface area contributed by atoms with E-state index in [9.17, 15) is 13.2 Å². The molecule has 0 saturated heterocycles. The number of sulfonamides is 1. The van der Waals surface area contributed by atoms with Crippen LogP contribution in [-0.4, -0.2) is 32.5 Å². The molecule has 1 heterocycles. The molecule has 1 fully saturated rings. The van der Waals surface area contributed by atoms with Crippen LogP contribution in [0, 0.1) is 0 Å². The van der Waals surface area contributed by atoms with Crippen molar-refractivity contribution in [1.82, 2.24) is 9.71 Å². The quantitative estimate of drug-likeness (QED) is 0.593. The van der Waals surface area contributed by atoms with E-state index in [1.807, 2.05) is 24.3 Å². The van der Waals surface area contributed by atoms with Gasteiger partial charge in [-0.3, -0.25) is 0 Å². The normalized spacial score (nSPS) is 14.2. The van der Waals surface area contributed by atoms with Crippen molar-refractivity contribution in [2.75, 3.05) is 7.11 Å². The average molecular weight is 418 g/mol. The maximum atomic E-state index is 12.6. The summed E-state index contributed by atoms with van der Waals surface area (Å²) in [5.74, 6) is -0.444. The van der Waals surface area contributed by atoms with Crippen molar-refractivity contribution in [2.24, 2.45) is 0 Å². The van der Waals surface area contributed by atoms with Crippen molar-refractivity contribution in [2.45, 2.75) is 30.4 Å². The first-order valence-corrected chi connectivity index (χ1v) is 11.0. The van der Waals surface area contributed by atoms with Gasteiger partial charge in [0.05, 0.1) is 22.9 Å². The summed E-state index contributed by atoms with van der Waals surface area (Å²) in [6.45, 7) is 0.0205. The van der Waals surface area contributed by atoms with Gasteiger partial charge in [0.15, 0.2) is 0 Å². The van der Waals surface area contributed by atoms with Gasteiger partial charge in [0.2, 0.25) is 10.0 Å². The average Bonchev–Trinajstić information content (AvgIpc) is 3.39. The number of thiazole rings is 1. The first-order chi connectivity index (χ1) is 13.5. The van der Waals surface area contributed by atoms with Crippen LogP contribution in [0.25, 0.3) is 10.2 Å². The minimum absolute atomic E-state index is 0.0205. The molecule has 7 nitrogen and oxygen atoms in total. The lowest BCUT2D eigenvalue weighted by molar-refractivity contribution is 0.0472. The first kappa shape index (κ1) is 18.9. The van der Waals surface area contributed by atoms with Crippen molar-refractivity contribution in [3.63, 3.8) is 0 Å². The third kappa shape index (κ3) is 4.01. The van der Waals surface area contributed by atoms with Gasteiger partial charge in [-0.2, -0.15) is 0 Å². The minimum atomic E-state index is -3.77. The number of nitrogens with one attached hydrogen (secondary N) is 1. The Bertz CT molecular complexity index is 1100. The van der Waals surface area contributed by atoms with Crippen LogP contribution in [-0.2, 0) is 21.4 Å². The predicted molar refractivity (Wildman–Crippen MR) is 105 cm³/mol. The molecule has 1 aromatic heterocycles. The number of nitrogens with zero attached hydrogens (tertiary/aromatic N) is 1. The summed E-state index contributed by atoms with van der Waals surface area (Å²) in [6.07, 6.45) is 1.62. The zero-order valence-corrected chi connectivity index (χ0v) is 16.7. The number of hydrogen-bond acceptors (Lipinski definition) is 7. The Labute approximate surface area is 166 Å². The lowest BCUT2D eigenvalue weighted by Crippen LogP contribution is -2.26. The number of rotatable bonds is 7. The fourth-order valence-electron chi connectivity index (χ4n) is 2.69. The summed E-state index contributed by atoms with van der Waals surface area (Å²) < 4.78 is 39.2. The second kappa shape index (κ2) is 7.50. The van der Waals surface area contributed by atoms with E-state index in [1.54, 1.807) is 0 Å². The van der Waals surface area contributed by atoms with Gasteiger partial charge in [0.1, 0.15) is 22.3 Å². The Morgan fingerprint density at radius 2 is 2.04 bits per heavy atom. The summed E-state index contributed by atoms with van der Waals surface area (Å²) in [5, 5.41) is 0.673. The molecule has 0 spiro atoms. The molecule has 0 aliphatic heterocycles. The molecule has 0 atom stereocenters. The zero-order chi connectivity index (χ0) is 19.7. The van der Waals surface area contributed by atoms with E-state index >= 15 is 0 Å². The van der Waals surface area contributed by atoms with Gasteiger partial charge in [-0.1, -0.05) is 12.1 Å². The molecule has 0 amide bonds. The van der Waals surface area contributed by atoms with Crippen molar-refractivity contribution >= 4 is 37.5 Å². The lowest BCUT2D eigenvalue weighted by Gasteiger charge is -2.12. The number of ether oxygens (including phenoxy) is 2.